The average Bonchev–Trinajstić information content (AvgIpc) is 2.67. The minimum atomic E-state index is 0.161. The number of rotatable bonds is 5. The predicted molar refractivity (Wildman–Crippen MR) is 97.0 cm³/mol. The molecular formula is C21H26N2O. The highest BCUT2D eigenvalue weighted by Crippen LogP contribution is 2.23. The molecule has 0 bridgehead atoms. The van der Waals surface area contributed by atoms with Crippen LogP contribution in [0.15, 0.2) is 48.7 Å². The zero-order valence-corrected chi connectivity index (χ0v) is 14.4. The van der Waals surface area contributed by atoms with E-state index in [1.807, 2.05) is 17.0 Å². The van der Waals surface area contributed by atoms with E-state index in [2.05, 4.69) is 42.2 Å². The van der Waals surface area contributed by atoms with Crippen LogP contribution in [0.2, 0.25) is 0 Å². The lowest BCUT2D eigenvalue weighted by Gasteiger charge is -2.32. The van der Waals surface area contributed by atoms with Crippen LogP contribution in [0.5, 0.6) is 0 Å². The first-order valence-electron chi connectivity index (χ1n) is 9.04. The Labute approximate surface area is 144 Å². The number of nitrogens with zero attached hydrogens (tertiary/aromatic N) is 2. The summed E-state index contributed by atoms with van der Waals surface area (Å²) in [6.07, 6.45) is 7.21. The van der Waals surface area contributed by atoms with E-state index in [1.54, 1.807) is 6.20 Å². The number of hydrogen-bond acceptors (Lipinski definition) is 2. The van der Waals surface area contributed by atoms with Crippen LogP contribution in [0, 0.1) is 5.92 Å². The molecule has 1 aromatic carbocycles. The topological polar surface area (TPSA) is 33.2 Å². The largest absolute Gasteiger partial charge is 0.339 e. The fraction of sp³-hybridized carbons (Fsp3) is 0.429. The summed E-state index contributed by atoms with van der Waals surface area (Å²) in [7, 11) is 0. The van der Waals surface area contributed by atoms with Gasteiger partial charge in [0.2, 0.25) is 0 Å². The average molecular weight is 322 g/mol. The highest BCUT2D eigenvalue weighted by Gasteiger charge is 2.23. The molecule has 3 heteroatoms. The van der Waals surface area contributed by atoms with Crippen LogP contribution in [0.25, 0.3) is 0 Å². The van der Waals surface area contributed by atoms with Gasteiger partial charge in [0.15, 0.2) is 0 Å². The van der Waals surface area contributed by atoms with Crippen LogP contribution in [-0.2, 0) is 12.8 Å². The molecule has 3 nitrogen and oxygen atoms in total. The van der Waals surface area contributed by atoms with Crippen molar-refractivity contribution < 1.29 is 4.79 Å². The van der Waals surface area contributed by atoms with Crippen LogP contribution in [-0.4, -0.2) is 28.9 Å². The number of pyridine rings is 1. The molecule has 0 saturated carbocycles. The molecule has 1 amide bonds. The molecule has 1 aliphatic heterocycles. The number of amides is 1. The van der Waals surface area contributed by atoms with Crippen LogP contribution in [0.1, 0.15) is 47.8 Å². The molecule has 0 radical (unpaired) electrons. The number of benzene rings is 1. The molecule has 0 N–H and O–H groups in total. The predicted octanol–water partition coefficient (Wildman–Crippen LogP) is 4.13. The van der Waals surface area contributed by atoms with Crippen molar-refractivity contribution in [2.75, 3.05) is 13.1 Å². The van der Waals surface area contributed by atoms with Crippen LogP contribution >= 0.6 is 0 Å². The summed E-state index contributed by atoms with van der Waals surface area (Å²) < 4.78 is 0. The fourth-order valence-electron chi connectivity index (χ4n) is 3.43. The molecule has 3 rings (SSSR count). The Bertz CT molecular complexity index is 661. The van der Waals surface area contributed by atoms with Gasteiger partial charge in [0.1, 0.15) is 0 Å². The Hall–Kier alpha value is -2.16. The molecule has 0 aliphatic carbocycles. The first kappa shape index (κ1) is 16.7. The molecule has 0 unspecified atom stereocenters. The van der Waals surface area contributed by atoms with Crippen molar-refractivity contribution in [3.05, 3.63) is 65.5 Å². The van der Waals surface area contributed by atoms with Gasteiger partial charge in [0.25, 0.3) is 5.91 Å². The van der Waals surface area contributed by atoms with Crippen molar-refractivity contribution in [2.45, 2.75) is 39.0 Å². The van der Waals surface area contributed by atoms with Crippen LogP contribution in [0.4, 0.5) is 0 Å². The zero-order chi connectivity index (χ0) is 16.8. The van der Waals surface area contributed by atoms with Crippen molar-refractivity contribution in [3.63, 3.8) is 0 Å². The van der Waals surface area contributed by atoms with Gasteiger partial charge in [-0.2, -0.15) is 0 Å². The highest BCUT2D eigenvalue weighted by molar-refractivity contribution is 5.94. The Kier molecular flexibility index (Phi) is 5.63. The molecular weight excluding hydrogens is 296 g/mol. The van der Waals surface area contributed by atoms with Gasteiger partial charge >= 0.3 is 0 Å². The molecule has 0 atom stereocenters. The minimum Gasteiger partial charge on any atom is -0.339 e. The van der Waals surface area contributed by atoms with E-state index in [-0.39, 0.29) is 5.91 Å². The molecule has 2 aromatic rings. The summed E-state index contributed by atoms with van der Waals surface area (Å²) in [6, 6.07) is 14.5. The van der Waals surface area contributed by atoms with E-state index in [0.29, 0.717) is 0 Å². The third kappa shape index (κ3) is 4.22. The smallest absolute Gasteiger partial charge is 0.253 e. The number of aromatic nitrogens is 1. The van der Waals surface area contributed by atoms with Gasteiger partial charge in [0.05, 0.1) is 0 Å². The summed E-state index contributed by atoms with van der Waals surface area (Å²) in [5.74, 6) is 0.895. The lowest BCUT2D eigenvalue weighted by Crippen LogP contribution is -2.38. The van der Waals surface area contributed by atoms with Gasteiger partial charge in [-0.3, -0.25) is 9.78 Å². The first-order chi connectivity index (χ1) is 11.8. The number of piperidine rings is 1. The van der Waals surface area contributed by atoms with Crippen molar-refractivity contribution in [1.82, 2.24) is 9.88 Å². The summed E-state index contributed by atoms with van der Waals surface area (Å²) in [5, 5.41) is 0. The molecule has 1 aromatic heterocycles. The van der Waals surface area contributed by atoms with E-state index in [0.717, 1.165) is 55.9 Å². The number of carbonyl (C=O) groups excluding carboxylic acids is 1. The van der Waals surface area contributed by atoms with Gasteiger partial charge in [-0.15, -0.1) is 0 Å². The number of likely N-dealkylation sites (tertiary alicyclic amines) is 1. The Morgan fingerprint density at radius 3 is 2.62 bits per heavy atom. The van der Waals surface area contributed by atoms with E-state index in [4.69, 9.17) is 0 Å². The quantitative estimate of drug-likeness (QED) is 0.829. The maximum atomic E-state index is 12.7. The van der Waals surface area contributed by atoms with Gasteiger partial charge in [0, 0.05) is 30.5 Å². The summed E-state index contributed by atoms with van der Waals surface area (Å²) in [4.78, 5) is 18.9. The minimum absolute atomic E-state index is 0.161. The molecule has 1 saturated heterocycles. The van der Waals surface area contributed by atoms with Gasteiger partial charge in [-0.1, -0.05) is 37.3 Å². The van der Waals surface area contributed by atoms with E-state index >= 15 is 0 Å². The molecule has 24 heavy (non-hydrogen) atoms. The maximum absolute atomic E-state index is 12.7. The summed E-state index contributed by atoms with van der Waals surface area (Å²) in [6.45, 7) is 3.82. The van der Waals surface area contributed by atoms with Crippen molar-refractivity contribution >= 4 is 5.91 Å². The Morgan fingerprint density at radius 1 is 1.17 bits per heavy atom. The van der Waals surface area contributed by atoms with Crippen molar-refractivity contribution in [2.24, 2.45) is 5.92 Å². The molecule has 2 heterocycles. The second kappa shape index (κ2) is 8.09. The van der Waals surface area contributed by atoms with Gasteiger partial charge < -0.3 is 4.90 Å². The van der Waals surface area contributed by atoms with Crippen LogP contribution in [0.3, 0.4) is 0 Å². The lowest BCUT2D eigenvalue weighted by atomic mass is 9.90. The molecule has 0 spiro atoms. The van der Waals surface area contributed by atoms with Crippen molar-refractivity contribution in [3.8, 4) is 0 Å². The second-order valence-corrected chi connectivity index (χ2v) is 6.65. The zero-order valence-electron chi connectivity index (χ0n) is 14.4. The lowest BCUT2D eigenvalue weighted by molar-refractivity contribution is 0.0686. The Morgan fingerprint density at radius 2 is 1.92 bits per heavy atom. The maximum Gasteiger partial charge on any atom is 0.253 e. The SMILES string of the molecule is CCc1cc(C(=O)N2CCC(CCc3ccccc3)CC2)ccn1. The third-order valence-corrected chi connectivity index (χ3v) is 5.01. The monoisotopic (exact) mass is 322 g/mol. The summed E-state index contributed by atoms with van der Waals surface area (Å²) >= 11 is 0. The molecule has 1 aliphatic rings. The second-order valence-electron chi connectivity index (χ2n) is 6.65. The van der Waals surface area contributed by atoms with Gasteiger partial charge in [-0.05, 0) is 55.7 Å². The molecule has 1 fully saturated rings. The number of hydrogen-bond donors (Lipinski definition) is 0. The fourth-order valence-corrected chi connectivity index (χ4v) is 3.43. The van der Waals surface area contributed by atoms with Crippen molar-refractivity contribution in [1.29, 1.82) is 0 Å². The first-order valence-corrected chi connectivity index (χ1v) is 9.04. The number of aryl methyl sites for hydroxylation is 2. The normalized spacial score (nSPS) is 15.5. The van der Waals surface area contributed by atoms with E-state index in [9.17, 15) is 4.79 Å². The highest BCUT2D eigenvalue weighted by atomic mass is 16.2. The van der Waals surface area contributed by atoms with E-state index in [1.165, 1.54) is 12.0 Å². The summed E-state index contributed by atoms with van der Waals surface area (Å²) in [5.41, 5.74) is 3.18. The van der Waals surface area contributed by atoms with Gasteiger partial charge in [-0.25, -0.2) is 0 Å². The molecule has 126 valence electrons. The third-order valence-electron chi connectivity index (χ3n) is 5.01. The van der Waals surface area contributed by atoms with Crippen LogP contribution < -0.4 is 0 Å². The number of carbonyl (C=O) groups is 1. The standard InChI is InChI=1S/C21H26N2O/c1-2-20-16-19(10-13-22-20)21(24)23-14-11-18(12-15-23)9-8-17-6-4-3-5-7-17/h3-7,10,13,16,18H,2,8-9,11-12,14-15H2,1H3. The van der Waals surface area contributed by atoms with E-state index < -0.39 is 0 Å². The Balaban J connectivity index is 1.50.